The van der Waals surface area contributed by atoms with Crippen molar-refractivity contribution >= 4 is 23.8 Å². The van der Waals surface area contributed by atoms with Crippen LogP contribution < -0.4 is 5.32 Å². The molecular weight excluding hydrogens is 326 g/mol. The number of nitrogens with one attached hydrogen (secondary N) is 1. The molecule has 1 saturated carbocycles. The molecule has 8 heteroatoms. The predicted octanol–water partition coefficient (Wildman–Crippen LogP) is 0.817. The highest BCUT2D eigenvalue weighted by atomic mass is 16.5. The normalized spacial score (nSPS) is 20.6. The van der Waals surface area contributed by atoms with Crippen LogP contribution in [0.3, 0.4) is 0 Å². The summed E-state index contributed by atoms with van der Waals surface area (Å²) in [4.78, 5) is 51.3. The van der Waals surface area contributed by atoms with Crippen molar-refractivity contribution in [1.29, 1.82) is 0 Å². The zero-order valence-electron chi connectivity index (χ0n) is 14.7. The molecule has 2 fully saturated rings. The summed E-state index contributed by atoms with van der Waals surface area (Å²) in [5.41, 5.74) is -0.831. The minimum atomic E-state index is -1.01. The van der Waals surface area contributed by atoms with Gasteiger partial charge in [-0.2, -0.15) is 0 Å². The summed E-state index contributed by atoms with van der Waals surface area (Å²) in [6, 6.07) is -0.493. The molecule has 2 rings (SSSR count). The molecule has 2 aliphatic rings. The van der Waals surface area contributed by atoms with Crippen molar-refractivity contribution < 1.29 is 23.9 Å². The molecule has 0 aromatic rings. The molecule has 138 valence electrons. The van der Waals surface area contributed by atoms with Gasteiger partial charge in [0.2, 0.25) is 0 Å². The Bertz CT molecular complexity index is 583. The first-order chi connectivity index (χ1) is 11.8. The van der Waals surface area contributed by atoms with E-state index in [0.717, 1.165) is 24.2 Å². The lowest BCUT2D eigenvalue weighted by Crippen LogP contribution is -2.49. The lowest BCUT2D eigenvalue weighted by atomic mass is 9.81. The zero-order valence-corrected chi connectivity index (χ0v) is 14.7. The van der Waals surface area contributed by atoms with E-state index in [2.05, 4.69) is 11.9 Å². The second-order valence-corrected chi connectivity index (χ2v) is 6.49. The van der Waals surface area contributed by atoms with Crippen LogP contribution in [0.1, 0.15) is 39.0 Å². The molecule has 0 radical (unpaired) electrons. The van der Waals surface area contributed by atoms with E-state index in [1.165, 1.54) is 17.9 Å². The van der Waals surface area contributed by atoms with Crippen LogP contribution in [0.4, 0.5) is 4.79 Å². The Balaban J connectivity index is 1.98. The first-order valence-electron chi connectivity index (χ1n) is 8.51. The molecule has 0 aromatic carbocycles. The summed E-state index contributed by atoms with van der Waals surface area (Å²) in [5.74, 6) is -1.60. The lowest BCUT2D eigenvalue weighted by molar-refractivity contribution is -0.156. The Morgan fingerprint density at radius 1 is 1.32 bits per heavy atom. The van der Waals surface area contributed by atoms with Crippen LogP contribution >= 0.6 is 0 Å². The van der Waals surface area contributed by atoms with Gasteiger partial charge in [0.05, 0.1) is 0 Å². The number of esters is 1. The number of carbonyl (C=O) groups excluding carboxylic acids is 4. The molecule has 1 N–H and O–H groups in total. The summed E-state index contributed by atoms with van der Waals surface area (Å²) >= 11 is 0. The number of likely N-dealkylation sites (N-methyl/N-ethyl adjacent to an activating group) is 1. The maximum atomic E-state index is 12.8. The van der Waals surface area contributed by atoms with E-state index in [-0.39, 0.29) is 12.5 Å². The van der Waals surface area contributed by atoms with E-state index >= 15 is 0 Å². The number of carbonyl (C=O) groups is 4. The quantitative estimate of drug-likeness (QED) is 0.434. The van der Waals surface area contributed by atoms with Gasteiger partial charge in [-0.15, -0.1) is 6.58 Å². The summed E-state index contributed by atoms with van der Waals surface area (Å²) in [6.45, 7) is 4.68. The van der Waals surface area contributed by atoms with Crippen molar-refractivity contribution in [3.8, 4) is 0 Å². The predicted molar refractivity (Wildman–Crippen MR) is 89.4 cm³/mol. The topological polar surface area (TPSA) is 96.0 Å². The number of hydrogen-bond acceptors (Lipinski definition) is 5. The van der Waals surface area contributed by atoms with E-state index < -0.39 is 36.1 Å². The van der Waals surface area contributed by atoms with Gasteiger partial charge in [0.15, 0.2) is 6.10 Å². The number of rotatable bonds is 6. The van der Waals surface area contributed by atoms with Crippen molar-refractivity contribution in [2.75, 3.05) is 20.1 Å². The van der Waals surface area contributed by atoms with Gasteiger partial charge in [-0.1, -0.05) is 25.3 Å². The van der Waals surface area contributed by atoms with Crippen LogP contribution in [-0.2, 0) is 19.1 Å². The van der Waals surface area contributed by atoms with Crippen LogP contribution in [0.2, 0.25) is 0 Å². The first kappa shape index (κ1) is 19.0. The standard InChI is InChI=1S/C17H25N3O5/c1-4-10-18-14(22)12(2)25-13(21)11-20-15(23)17(19(3)16(20)24)8-6-5-7-9-17/h4,12H,1,5-11H2,2-3H3,(H,18,22). The molecule has 1 spiro atoms. The first-order valence-corrected chi connectivity index (χ1v) is 8.51. The van der Waals surface area contributed by atoms with Gasteiger partial charge in [0, 0.05) is 13.6 Å². The van der Waals surface area contributed by atoms with E-state index in [4.69, 9.17) is 4.74 Å². The second-order valence-electron chi connectivity index (χ2n) is 6.49. The highest BCUT2D eigenvalue weighted by Crippen LogP contribution is 2.39. The van der Waals surface area contributed by atoms with Crippen LogP contribution in [0.5, 0.6) is 0 Å². The van der Waals surface area contributed by atoms with Gasteiger partial charge in [-0.3, -0.25) is 19.3 Å². The number of urea groups is 1. The molecule has 8 nitrogen and oxygen atoms in total. The van der Waals surface area contributed by atoms with Gasteiger partial charge in [0.1, 0.15) is 12.1 Å². The van der Waals surface area contributed by atoms with Crippen molar-refractivity contribution in [2.45, 2.75) is 50.7 Å². The van der Waals surface area contributed by atoms with Gasteiger partial charge in [-0.25, -0.2) is 4.79 Å². The molecular formula is C17H25N3O5. The third-order valence-corrected chi connectivity index (χ3v) is 4.87. The van der Waals surface area contributed by atoms with E-state index in [0.29, 0.717) is 12.8 Å². The molecule has 25 heavy (non-hydrogen) atoms. The number of nitrogens with zero attached hydrogens (tertiary/aromatic N) is 2. The highest BCUT2D eigenvalue weighted by molar-refractivity contribution is 6.08. The number of amides is 4. The van der Waals surface area contributed by atoms with E-state index in [1.54, 1.807) is 7.05 Å². The maximum Gasteiger partial charge on any atom is 0.327 e. The molecule has 0 bridgehead atoms. The fourth-order valence-corrected chi connectivity index (χ4v) is 3.40. The Labute approximate surface area is 147 Å². The van der Waals surface area contributed by atoms with Crippen molar-refractivity contribution in [1.82, 2.24) is 15.1 Å². The molecule has 0 aromatic heterocycles. The van der Waals surface area contributed by atoms with E-state index in [1.807, 2.05) is 0 Å². The minimum Gasteiger partial charge on any atom is -0.451 e. The van der Waals surface area contributed by atoms with Crippen LogP contribution in [0, 0.1) is 0 Å². The van der Waals surface area contributed by atoms with Gasteiger partial charge >= 0.3 is 12.0 Å². The smallest absolute Gasteiger partial charge is 0.327 e. The van der Waals surface area contributed by atoms with Crippen molar-refractivity contribution in [2.24, 2.45) is 0 Å². The molecule has 1 heterocycles. The minimum absolute atomic E-state index is 0.261. The molecule has 1 atom stereocenters. The lowest BCUT2D eigenvalue weighted by Gasteiger charge is -2.35. The summed E-state index contributed by atoms with van der Waals surface area (Å²) in [5, 5.41) is 2.51. The molecule has 4 amide bonds. The monoisotopic (exact) mass is 351 g/mol. The van der Waals surface area contributed by atoms with Crippen molar-refractivity contribution in [3.63, 3.8) is 0 Å². The number of hydrogen-bond donors (Lipinski definition) is 1. The summed E-state index contributed by atoms with van der Waals surface area (Å²) < 4.78 is 5.03. The summed E-state index contributed by atoms with van der Waals surface area (Å²) in [6.07, 6.45) is 4.51. The van der Waals surface area contributed by atoms with Gasteiger partial charge in [0.25, 0.3) is 11.8 Å². The molecule has 1 saturated heterocycles. The fourth-order valence-electron chi connectivity index (χ4n) is 3.40. The number of imide groups is 1. The molecule has 1 aliphatic carbocycles. The molecule has 1 unspecified atom stereocenters. The third-order valence-electron chi connectivity index (χ3n) is 4.87. The molecule has 1 aliphatic heterocycles. The summed E-state index contributed by atoms with van der Waals surface area (Å²) in [7, 11) is 1.60. The third kappa shape index (κ3) is 3.67. The highest BCUT2D eigenvalue weighted by Gasteiger charge is 2.56. The van der Waals surface area contributed by atoms with E-state index in [9.17, 15) is 19.2 Å². The fraction of sp³-hybridized carbons (Fsp3) is 0.647. The van der Waals surface area contributed by atoms with Crippen LogP contribution in [0.25, 0.3) is 0 Å². The Morgan fingerprint density at radius 2 is 1.96 bits per heavy atom. The number of ether oxygens (including phenoxy) is 1. The maximum absolute atomic E-state index is 12.8. The van der Waals surface area contributed by atoms with Gasteiger partial charge < -0.3 is 15.0 Å². The Morgan fingerprint density at radius 3 is 2.56 bits per heavy atom. The largest absolute Gasteiger partial charge is 0.451 e. The van der Waals surface area contributed by atoms with Crippen molar-refractivity contribution in [3.05, 3.63) is 12.7 Å². The SMILES string of the molecule is C=CCNC(=O)C(C)OC(=O)CN1C(=O)N(C)C2(CCCCC2)C1=O. The Hall–Kier alpha value is -2.38. The second kappa shape index (κ2) is 7.67. The zero-order chi connectivity index (χ0) is 18.6. The van der Waals surface area contributed by atoms with Gasteiger partial charge in [-0.05, 0) is 19.8 Å². The Kier molecular flexibility index (Phi) is 5.81. The van der Waals surface area contributed by atoms with Crippen LogP contribution in [-0.4, -0.2) is 65.4 Å². The van der Waals surface area contributed by atoms with Crippen LogP contribution in [0.15, 0.2) is 12.7 Å². The average Bonchev–Trinajstić information content (AvgIpc) is 2.76. The average molecular weight is 351 g/mol.